The molecule has 148 valence electrons. The number of nitrogens with zero attached hydrogens (tertiary/aromatic N) is 2. The van der Waals surface area contributed by atoms with Crippen molar-refractivity contribution in [2.75, 3.05) is 0 Å². The van der Waals surface area contributed by atoms with Crippen LogP contribution in [0.3, 0.4) is 0 Å². The number of benzene rings is 3. The highest BCUT2D eigenvalue weighted by atomic mass is 35.5. The monoisotopic (exact) mass is 440 g/mol. The summed E-state index contributed by atoms with van der Waals surface area (Å²) in [7, 11) is -4.22. The normalized spacial score (nSPS) is 11.4. The van der Waals surface area contributed by atoms with Gasteiger partial charge in [-0.2, -0.15) is 5.26 Å². The van der Waals surface area contributed by atoms with Crippen LogP contribution in [-0.4, -0.2) is 13.4 Å². The van der Waals surface area contributed by atoms with Crippen molar-refractivity contribution in [2.24, 2.45) is 0 Å². The molecule has 3 aromatic carbocycles. The molecule has 0 spiro atoms. The smallest absolute Gasteiger partial charge is 0.208 e. The van der Waals surface area contributed by atoms with Gasteiger partial charge in [-0.25, -0.2) is 17.2 Å². The van der Waals surface area contributed by atoms with Gasteiger partial charge in [-0.15, -0.1) is 0 Å². The van der Waals surface area contributed by atoms with Crippen molar-refractivity contribution >= 4 is 32.3 Å². The predicted octanol–water partition coefficient (Wildman–Crippen LogP) is 5.54. The van der Waals surface area contributed by atoms with Crippen LogP contribution in [-0.2, 0) is 9.84 Å². The lowest BCUT2D eigenvalue weighted by Gasteiger charge is -2.14. The van der Waals surface area contributed by atoms with Gasteiger partial charge in [0.1, 0.15) is 17.7 Å². The highest BCUT2D eigenvalue weighted by Gasteiger charge is 2.26. The molecule has 0 unspecified atom stereocenters. The molecule has 0 saturated heterocycles. The van der Waals surface area contributed by atoms with Crippen molar-refractivity contribution in [3.63, 3.8) is 0 Å². The van der Waals surface area contributed by atoms with Crippen LogP contribution >= 0.6 is 11.6 Å². The Morgan fingerprint density at radius 2 is 1.80 bits per heavy atom. The lowest BCUT2D eigenvalue weighted by Crippen LogP contribution is -2.06. The van der Waals surface area contributed by atoms with E-state index in [2.05, 4.69) is 4.98 Å². The molecule has 4 rings (SSSR count). The molecule has 0 saturated carbocycles. The second-order valence-electron chi connectivity index (χ2n) is 6.43. The SMILES string of the molecule is N#Cc1cc(S(=O)(=O)c2cnc3cc(Cl)ccc3c2-c2cccc(F)c2)ccc1F. The molecule has 0 atom stereocenters. The first-order valence-corrected chi connectivity index (χ1v) is 10.5. The molecule has 1 heterocycles. The van der Waals surface area contributed by atoms with Gasteiger partial charge in [0, 0.05) is 22.2 Å². The van der Waals surface area contributed by atoms with Gasteiger partial charge in [-0.05, 0) is 48.0 Å². The van der Waals surface area contributed by atoms with Crippen LogP contribution in [0.1, 0.15) is 5.56 Å². The van der Waals surface area contributed by atoms with Gasteiger partial charge in [-0.3, -0.25) is 4.98 Å². The summed E-state index contributed by atoms with van der Waals surface area (Å²) in [5.41, 5.74) is 0.589. The molecule has 4 nitrogen and oxygen atoms in total. The van der Waals surface area contributed by atoms with Crippen molar-refractivity contribution in [2.45, 2.75) is 9.79 Å². The molecule has 0 N–H and O–H groups in total. The van der Waals surface area contributed by atoms with Gasteiger partial charge in [0.25, 0.3) is 0 Å². The largest absolute Gasteiger partial charge is 0.255 e. The fraction of sp³-hybridized carbons (Fsp3) is 0. The topological polar surface area (TPSA) is 70.8 Å². The maximum absolute atomic E-state index is 13.9. The lowest BCUT2D eigenvalue weighted by atomic mass is 10.0. The van der Waals surface area contributed by atoms with E-state index < -0.39 is 27.0 Å². The summed E-state index contributed by atoms with van der Waals surface area (Å²) in [6, 6.07) is 14.9. The van der Waals surface area contributed by atoms with Crippen molar-refractivity contribution in [3.05, 3.63) is 89.1 Å². The number of nitriles is 1. The van der Waals surface area contributed by atoms with Gasteiger partial charge in [0.15, 0.2) is 0 Å². The van der Waals surface area contributed by atoms with Crippen LogP contribution in [0.4, 0.5) is 8.78 Å². The number of hydrogen-bond donors (Lipinski definition) is 0. The van der Waals surface area contributed by atoms with E-state index in [1.807, 2.05) is 0 Å². The molecule has 8 heteroatoms. The van der Waals surface area contributed by atoms with Gasteiger partial charge in [0.05, 0.1) is 20.9 Å². The maximum Gasteiger partial charge on any atom is 0.208 e. The molecule has 0 bridgehead atoms. The second kappa shape index (κ2) is 7.48. The number of sulfone groups is 1. The molecule has 4 aromatic rings. The zero-order chi connectivity index (χ0) is 21.5. The van der Waals surface area contributed by atoms with E-state index in [-0.39, 0.29) is 15.4 Å². The van der Waals surface area contributed by atoms with E-state index in [4.69, 9.17) is 16.9 Å². The van der Waals surface area contributed by atoms with E-state index in [0.29, 0.717) is 21.5 Å². The number of halogens is 3. The first kappa shape index (κ1) is 20.0. The third-order valence-electron chi connectivity index (χ3n) is 4.57. The number of aromatic nitrogens is 1. The van der Waals surface area contributed by atoms with Gasteiger partial charge >= 0.3 is 0 Å². The zero-order valence-corrected chi connectivity index (χ0v) is 16.7. The summed E-state index contributed by atoms with van der Waals surface area (Å²) in [6.45, 7) is 0. The minimum Gasteiger partial charge on any atom is -0.255 e. The molecule has 0 amide bonds. The Morgan fingerprint density at radius 3 is 2.53 bits per heavy atom. The highest BCUT2D eigenvalue weighted by Crippen LogP contribution is 2.37. The summed E-state index contributed by atoms with van der Waals surface area (Å²) in [4.78, 5) is 3.74. The second-order valence-corrected chi connectivity index (χ2v) is 8.78. The molecular weight excluding hydrogens is 430 g/mol. The van der Waals surface area contributed by atoms with E-state index in [1.165, 1.54) is 18.2 Å². The summed E-state index contributed by atoms with van der Waals surface area (Å²) in [5.74, 6) is -1.36. The van der Waals surface area contributed by atoms with Crippen LogP contribution in [0.2, 0.25) is 5.02 Å². The third kappa shape index (κ3) is 3.41. The molecular formula is C22H11ClF2N2O2S. The standard InChI is InChI=1S/C22H11ClF2N2O2S/c23-15-4-6-18-20(10-15)27-12-21(22(18)13-2-1-3-16(24)8-13)30(28,29)17-5-7-19(25)14(9-17)11-26/h1-10,12H. The molecule has 0 aliphatic carbocycles. The molecule has 0 fully saturated rings. The van der Waals surface area contributed by atoms with Crippen molar-refractivity contribution < 1.29 is 17.2 Å². The van der Waals surface area contributed by atoms with Crippen LogP contribution in [0.15, 0.2) is 76.7 Å². The van der Waals surface area contributed by atoms with Crippen LogP contribution < -0.4 is 0 Å². The van der Waals surface area contributed by atoms with Crippen molar-refractivity contribution in [1.82, 2.24) is 4.98 Å². The van der Waals surface area contributed by atoms with E-state index >= 15 is 0 Å². The zero-order valence-electron chi connectivity index (χ0n) is 15.1. The molecule has 0 aliphatic heterocycles. The Morgan fingerprint density at radius 1 is 1.00 bits per heavy atom. The number of pyridine rings is 1. The number of fused-ring (bicyclic) bond motifs is 1. The fourth-order valence-electron chi connectivity index (χ4n) is 3.18. The minimum atomic E-state index is -4.22. The van der Waals surface area contributed by atoms with Crippen LogP contribution in [0, 0.1) is 23.0 Å². The summed E-state index contributed by atoms with van der Waals surface area (Å²) < 4.78 is 54.5. The van der Waals surface area contributed by atoms with E-state index in [1.54, 1.807) is 30.3 Å². The van der Waals surface area contributed by atoms with Crippen LogP contribution in [0.5, 0.6) is 0 Å². The summed E-state index contributed by atoms with van der Waals surface area (Å²) >= 11 is 6.03. The summed E-state index contributed by atoms with van der Waals surface area (Å²) in [6.07, 6.45) is 1.16. The fourth-order valence-corrected chi connectivity index (χ4v) is 4.81. The molecule has 30 heavy (non-hydrogen) atoms. The van der Waals surface area contributed by atoms with Crippen molar-refractivity contribution in [3.8, 4) is 17.2 Å². The highest BCUT2D eigenvalue weighted by molar-refractivity contribution is 7.91. The Kier molecular flexibility index (Phi) is 4.98. The summed E-state index contributed by atoms with van der Waals surface area (Å²) in [5, 5.41) is 9.92. The van der Waals surface area contributed by atoms with Gasteiger partial charge in [0.2, 0.25) is 9.84 Å². The Labute approximate surface area is 175 Å². The minimum absolute atomic E-state index is 0.196. The lowest BCUT2D eigenvalue weighted by molar-refractivity contribution is 0.594. The number of hydrogen-bond acceptors (Lipinski definition) is 4. The maximum atomic E-state index is 13.9. The molecule has 1 aromatic heterocycles. The quantitative estimate of drug-likeness (QED) is 0.392. The van der Waals surface area contributed by atoms with E-state index in [9.17, 15) is 17.2 Å². The molecule has 0 aliphatic rings. The Hall–Kier alpha value is -3.34. The Balaban J connectivity index is 2.07. The first-order valence-electron chi connectivity index (χ1n) is 8.60. The van der Waals surface area contributed by atoms with Crippen LogP contribution in [0.25, 0.3) is 22.0 Å². The first-order chi connectivity index (χ1) is 14.3. The molecule has 0 radical (unpaired) electrons. The number of rotatable bonds is 3. The van der Waals surface area contributed by atoms with Crippen molar-refractivity contribution in [1.29, 1.82) is 5.26 Å². The average molecular weight is 441 g/mol. The van der Waals surface area contributed by atoms with E-state index in [0.717, 1.165) is 24.4 Å². The third-order valence-corrected chi connectivity index (χ3v) is 6.57. The predicted molar refractivity (Wildman–Crippen MR) is 109 cm³/mol. The van der Waals surface area contributed by atoms with Gasteiger partial charge < -0.3 is 0 Å². The Bertz CT molecular complexity index is 1460. The average Bonchev–Trinajstić information content (AvgIpc) is 2.72. The van der Waals surface area contributed by atoms with Gasteiger partial charge in [-0.1, -0.05) is 29.8 Å².